The van der Waals surface area contributed by atoms with Gasteiger partial charge in [-0.25, -0.2) is 8.42 Å². The lowest BCUT2D eigenvalue weighted by Gasteiger charge is -2.08. The highest BCUT2D eigenvalue weighted by molar-refractivity contribution is 7.91. The van der Waals surface area contributed by atoms with Crippen LogP contribution in [0.2, 0.25) is 5.02 Å². The van der Waals surface area contributed by atoms with Crippen molar-refractivity contribution in [1.29, 1.82) is 0 Å². The third-order valence-corrected chi connectivity index (χ3v) is 5.84. The Hall–Kier alpha value is -1.83. The fourth-order valence-electron chi connectivity index (χ4n) is 2.21. The van der Waals surface area contributed by atoms with Gasteiger partial charge in [-0.15, -0.1) is 0 Å². The Morgan fingerprint density at radius 3 is 2.57 bits per heavy atom. The van der Waals surface area contributed by atoms with Crippen LogP contribution >= 0.6 is 22.9 Å². The van der Waals surface area contributed by atoms with Gasteiger partial charge in [-0.05, 0) is 35.9 Å². The molecule has 1 heterocycles. The van der Waals surface area contributed by atoms with E-state index in [1.807, 2.05) is 0 Å². The molecule has 120 valence electrons. The third kappa shape index (κ3) is 3.57. The second kappa shape index (κ2) is 5.99. The molecule has 0 aliphatic rings. The summed E-state index contributed by atoms with van der Waals surface area (Å²) in [6.07, 6.45) is 0. The van der Waals surface area contributed by atoms with Crippen molar-refractivity contribution >= 4 is 48.9 Å². The van der Waals surface area contributed by atoms with Crippen molar-refractivity contribution in [2.75, 3.05) is 4.72 Å². The minimum atomic E-state index is -3.55. The van der Waals surface area contributed by atoms with Gasteiger partial charge in [0, 0.05) is 12.1 Å². The molecule has 0 atom stereocenters. The van der Waals surface area contributed by atoms with Gasteiger partial charge >= 0.3 is 4.87 Å². The van der Waals surface area contributed by atoms with Crippen LogP contribution in [0.3, 0.4) is 0 Å². The monoisotopic (exact) mass is 368 g/mol. The number of hydrogen-bond donors (Lipinski definition) is 1. The van der Waals surface area contributed by atoms with E-state index < -0.39 is 10.0 Å². The Morgan fingerprint density at radius 1 is 1.17 bits per heavy atom. The number of nitrogens with zero attached hydrogens (tertiary/aromatic N) is 1. The summed E-state index contributed by atoms with van der Waals surface area (Å²) in [5.74, 6) is -0.146. The van der Waals surface area contributed by atoms with Crippen molar-refractivity contribution in [3.63, 3.8) is 0 Å². The summed E-state index contributed by atoms with van der Waals surface area (Å²) in [7, 11) is -1.86. The van der Waals surface area contributed by atoms with Gasteiger partial charge in [-0.3, -0.25) is 9.52 Å². The largest absolute Gasteiger partial charge is 0.307 e. The average molecular weight is 369 g/mol. The molecule has 0 amide bonds. The summed E-state index contributed by atoms with van der Waals surface area (Å²) in [5.41, 5.74) is 1.86. The highest BCUT2D eigenvalue weighted by Crippen LogP contribution is 2.22. The van der Waals surface area contributed by atoms with E-state index in [1.54, 1.807) is 49.5 Å². The highest BCUT2D eigenvalue weighted by atomic mass is 35.5. The number of benzene rings is 2. The van der Waals surface area contributed by atoms with Crippen LogP contribution < -0.4 is 9.60 Å². The van der Waals surface area contributed by atoms with E-state index in [0.717, 1.165) is 21.6 Å². The first kappa shape index (κ1) is 16.0. The number of nitrogens with one attached hydrogen (secondary N) is 1. The van der Waals surface area contributed by atoms with Crippen molar-refractivity contribution in [2.24, 2.45) is 7.05 Å². The Labute approximate surface area is 142 Å². The zero-order valence-corrected chi connectivity index (χ0v) is 14.5. The summed E-state index contributed by atoms with van der Waals surface area (Å²) in [5, 5.41) is 0.559. The third-order valence-electron chi connectivity index (χ3n) is 3.34. The predicted molar refractivity (Wildman–Crippen MR) is 94.8 cm³/mol. The molecule has 0 fully saturated rings. The number of rotatable bonds is 4. The van der Waals surface area contributed by atoms with Crippen LogP contribution in [-0.4, -0.2) is 13.0 Å². The van der Waals surface area contributed by atoms with Gasteiger partial charge in [0.05, 0.1) is 21.7 Å². The predicted octanol–water partition coefficient (Wildman–Crippen LogP) is 3.20. The fourth-order valence-corrected chi connectivity index (χ4v) is 4.45. The SMILES string of the molecule is Cn1c(=O)sc2cc(NS(=O)(=O)Cc3ccc(Cl)cc3)ccc21. The number of fused-ring (bicyclic) bond motifs is 1. The second-order valence-electron chi connectivity index (χ2n) is 5.10. The summed E-state index contributed by atoms with van der Waals surface area (Å²) >= 11 is 6.87. The maximum atomic E-state index is 12.3. The van der Waals surface area contributed by atoms with Crippen molar-refractivity contribution in [3.05, 3.63) is 62.7 Å². The topological polar surface area (TPSA) is 68.2 Å². The van der Waals surface area contributed by atoms with Crippen molar-refractivity contribution in [2.45, 2.75) is 5.75 Å². The van der Waals surface area contributed by atoms with Crippen molar-refractivity contribution < 1.29 is 8.42 Å². The summed E-state index contributed by atoms with van der Waals surface area (Å²) in [6.45, 7) is 0. The van der Waals surface area contributed by atoms with Crippen LogP contribution in [0.4, 0.5) is 5.69 Å². The molecule has 0 aliphatic carbocycles. The molecular weight excluding hydrogens is 356 g/mol. The van der Waals surface area contributed by atoms with E-state index in [-0.39, 0.29) is 10.6 Å². The van der Waals surface area contributed by atoms with Gasteiger partial charge in [-0.2, -0.15) is 0 Å². The minimum absolute atomic E-state index is 0.0822. The van der Waals surface area contributed by atoms with Gasteiger partial charge in [0.25, 0.3) is 0 Å². The first-order chi connectivity index (χ1) is 10.8. The van der Waals surface area contributed by atoms with Crippen LogP contribution in [0.1, 0.15) is 5.56 Å². The van der Waals surface area contributed by atoms with Gasteiger partial charge in [0.1, 0.15) is 0 Å². The number of hydrogen-bond acceptors (Lipinski definition) is 4. The molecule has 0 saturated carbocycles. The molecule has 0 aliphatic heterocycles. The van der Waals surface area contributed by atoms with Crippen LogP contribution in [0, 0.1) is 0 Å². The van der Waals surface area contributed by atoms with Crippen LogP contribution in [0.25, 0.3) is 10.2 Å². The molecule has 3 rings (SSSR count). The van der Waals surface area contributed by atoms with Gasteiger partial charge < -0.3 is 4.57 Å². The van der Waals surface area contributed by atoms with Crippen LogP contribution in [0.5, 0.6) is 0 Å². The van der Waals surface area contributed by atoms with Crippen molar-refractivity contribution in [1.82, 2.24) is 4.57 Å². The quantitative estimate of drug-likeness (QED) is 0.768. The van der Waals surface area contributed by atoms with E-state index in [2.05, 4.69) is 4.72 Å². The molecule has 23 heavy (non-hydrogen) atoms. The first-order valence-corrected chi connectivity index (χ1v) is 9.53. The lowest BCUT2D eigenvalue weighted by atomic mass is 10.2. The molecule has 0 spiro atoms. The van der Waals surface area contributed by atoms with Gasteiger partial charge in [0.2, 0.25) is 10.0 Å². The van der Waals surface area contributed by atoms with E-state index in [1.165, 1.54) is 4.57 Å². The van der Waals surface area contributed by atoms with Crippen LogP contribution in [0.15, 0.2) is 47.3 Å². The number of halogens is 1. The molecule has 0 unspecified atom stereocenters. The molecule has 3 aromatic rings. The van der Waals surface area contributed by atoms with Gasteiger partial charge in [0.15, 0.2) is 0 Å². The van der Waals surface area contributed by atoms with Gasteiger partial charge in [-0.1, -0.05) is 35.1 Å². The number of sulfonamides is 1. The number of thiazole rings is 1. The number of aromatic nitrogens is 1. The fraction of sp³-hybridized carbons (Fsp3) is 0.133. The second-order valence-corrected chi connectivity index (χ2v) is 8.25. The highest BCUT2D eigenvalue weighted by Gasteiger charge is 2.13. The summed E-state index contributed by atoms with van der Waals surface area (Å²) in [6, 6.07) is 11.7. The van der Waals surface area contributed by atoms with Crippen molar-refractivity contribution in [3.8, 4) is 0 Å². The molecule has 2 aromatic carbocycles. The standard InChI is InChI=1S/C15H13ClN2O3S2/c1-18-13-7-6-12(8-14(13)22-15(18)19)17-23(20,21)9-10-2-4-11(16)5-3-10/h2-8,17H,9H2,1H3. The van der Waals surface area contributed by atoms with E-state index in [4.69, 9.17) is 11.6 Å². The van der Waals surface area contributed by atoms with E-state index in [0.29, 0.717) is 16.3 Å². The maximum absolute atomic E-state index is 12.3. The molecule has 1 N–H and O–H groups in total. The summed E-state index contributed by atoms with van der Waals surface area (Å²) < 4.78 is 29.3. The summed E-state index contributed by atoms with van der Waals surface area (Å²) in [4.78, 5) is 11.6. The normalized spacial score (nSPS) is 11.7. The molecule has 1 aromatic heterocycles. The zero-order valence-electron chi connectivity index (χ0n) is 12.1. The Kier molecular flexibility index (Phi) is 4.18. The minimum Gasteiger partial charge on any atom is -0.302 e. The first-order valence-electron chi connectivity index (χ1n) is 6.68. The molecule has 0 saturated heterocycles. The Bertz CT molecular complexity index is 1020. The number of anilines is 1. The maximum Gasteiger partial charge on any atom is 0.307 e. The van der Waals surface area contributed by atoms with Crippen LogP contribution in [-0.2, 0) is 22.8 Å². The molecule has 5 nitrogen and oxygen atoms in total. The number of aryl methyl sites for hydroxylation is 1. The average Bonchev–Trinajstić information content (AvgIpc) is 2.75. The Balaban J connectivity index is 1.85. The lowest BCUT2D eigenvalue weighted by molar-refractivity contribution is 0.600. The lowest BCUT2D eigenvalue weighted by Crippen LogP contribution is -2.15. The molecule has 0 radical (unpaired) electrons. The molecule has 8 heteroatoms. The van der Waals surface area contributed by atoms with E-state index in [9.17, 15) is 13.2 Å². The smallest absolute Gasteiger partial charge is 0.302 e. The van der Waals surface area contributed by atoms with E-state index >= 15 is 0 Å². The molecule has 0 bridgehead atoms. The molecular formula is C15H13ClN2O3S2. The zero-order chi connectivity index (χ0) is 16.6. The Morgan fingerprint density at radius 2 is 1.87 bits per heavy atom.